The highest BCUT2D eigenvalue weighted by Crippen LogP contribution is 2.35. The van der Waals surface area contributed by atoms with E-state index in [-0.39, 0.29) is 6.04 Å². The lowest BCUT2D eigenvalue weighted by Crippen LogP contribution is -2.39. The number of nitrogens with zero attached hydrogens (tertiary/aromatic N) is 1. The summed E-state index contributed by atoms with van der Waals surface area (Å²) in [6.07, 6.45) is 4.46. The van der Waals surface area contributed by atoms with E-state index in [4.69, 9.17) is 10.2 Å². The van der Waals surface area contributed by atoms with Crippen LogP contribution in [0, 0.1) is 5.92 Å². The molecule has 3 rings (SSSR count). The molecular weight excluding hydrogens is 248 g/mol. The second-order valence-corrected chi connectivity index (χ2v) is 6.13. The van der Waals surface area contributed by atoms with Crippen LogP contribution in [0.3, 0.4) is 0 Å². The van der Waals surface area contributed by atoms with Crippen molar-refractivity contribution in [2.24, 2.45) is 11.7 Å². The normalized spacial score (nSPS) is 21.9. The predicted molar refractivity (Wildman–Crippen MR) is 82.6 cm³/mol. The first-order chi connectivity index (χ1) is 9.72. The molecule has 108 valence electrons. The Labute approximate surface area is 120 Å². The zero-order valence-corrected chi connectivity index (χ0v) is 12.4. The van der Waals surface area contributed by atoms with E-state index in [1.165, 1.54) is 23.8 Å². The minimum absolute atomic E-state index is 0.272. The van der Waals surface area contributed by atoms with E-state index in [1.54, 1.807) is 0 Å². The van der Waals surface area contributed by atoms with Gasteiger partial charge >= 0.3 is 0 Å². The van der Waals surface area contributed by atoms with E-state index in [2.05, 4.69) is 30.9 Å². The highest BCUT2D eigenvalue weighted by molar-refractivity contribution is 5.81. The van der Waals surface area contributed by atoms with Crippen molar-refractivity contribution < 1.29 is 4.42 Å². The molecule has 0 aliphatic carbocycles. The summed E-state index contributed by atoms with van der Waals surface area (Å²) in [6.45, 7) is 6.41. The fraction of sp³-hybridized carbons (Fsp3) is 0.529. The number of fused-ring (bicyclic) bond motifs is 1. The highest BCUT2D eigenvalue weighted by Gasteiger charge is 2.33. The van der Waals surface area contributed by atoms with E-state index >= 15 is 0 Å². The van der Waals surface area contributed by atoms with Gasteiger partial charge in [-0.3, -0.25) is 4.90 Å². The summed E-state index contributed by atoms with van der Waals surface area (Å²) in [6, 6.07) is 9.15. The number of nitrogens with two attached hydrogens (primary N) is 1. The Morgan fingerprint density at radius 3 is 2.90 bits per heavy atom. The first kappa shape index (κ1) is 13.7. The van der Waals surface area contributed by atoms with Gasteiger partial charge in [-0.15, -0.1) is 0 Å². The molecule has 1 aromatic heterocycles. The lowest BCUT2D eigenvalue weighted by Gasteiger charge is -2.34. The predicted octanol–water partition coefficient (Wildman–Crippen LogP) is 3.55. The average molecular weight is 272 g/mol. The molecule has 0 amide bonds. The van der Waals surface area contributed by atoms with Crippen molar-refractivity contribution in [3.8, 4) is 0 Å². The summed E-state index contributed by atoms with van der Waals surface area (Å²) in [7, 11) is 0. The topological polar surface area (TPSA) is 42.4 Å². The molecule has 20 heavy (non-hydrogen) atoms. The smallest absolute Gasteiger partial charge is 0.134 e. The Bertz CT molecular complexity index is 575. The molecule has 2 N–H and O–H groups in total. The summed E-state index contributed by atoms with van der Waals surface area (Å²) < 4.78 is 5.70. The summed E-state index contributed by atoms with van der Waals surface area (Å²) in [4.78, 5) is 2.59. The van der Waals surface area contributed by atoms with Crippen molar-refractivity contribution in [2.45, 2.75) is 38.8 Å². The molecular formula is C17H24N2O. The molecule has 0 spiro atoms. The lowest BCUT2D eigenvalue weighted by atomic mass is 9.98. The molecule has 1 aliphatic rings. The maximum atomic E-state index is 6.11. The second kappa shape index (κ2) is 5.58. The van der Waals surface area contributed by atoms with Gasteiger partial charge in [0.25, 0.3) is 0 Å². The van der Waals surface area contributed by atoms with Gasteiger partial charge in [-0.25, -0.2) is 0 Å². The number of hydrogen-bond acceptors (Lipinski definition) is 3. The Morgan fingerprint density at radius 2 is 2.15 bits per heavy atom. The molecule has 2 aromatic rings. The van der Waals surface area contributed by atoms with Crippen LogP contribution in [0.2, 0.25) is 0 Å². The van der Waals surface area contributed by atoms with E-state index in [1.807, 2.05) is 18.4 Å². The summed E-state index contributed by atoms with van der Waals surface area (Å²) in [5.41, 5.74) is 8.32. The van der Waals surface area contributed by atoms with Crippen LogP contribution in [0.15, 0.2) is 34.9 Å². The number of benzene rings is 1. The van der Waals surface area contributed by atoms with Crippen molar-refractivity contribution >= 4 is 11.0 Å². The Hall–Kier alpha value is -1.32. The molecule has 1 aromatic carbocycles. The van der Waals surface area contributed by atoms with Crippen molar-refractivity contribution in [3.63, 3.8) is 0 Å². The molecule has 2 unspecified atom stereocenters. The molecule has 1 aliphatic heterocycles. The van der Waals surface area contributed by atoms with Crippen molar-refractivity contribution in [1.82, 2.24) is 4.90 Å². The monoisotopic (exact) mass is 272 g/mol. The molecule has 1 fully saturated rings. The average Bonchev–Trinajstić information content (AvgIpc) is 3.07. The molecule has 0 bridgehead atoms. The zero-order valence-electron chi connectivity index (χ0n) is 12.4. The third-order valence-corrected chi connectivity index (χ3v) is 4.61. The van der Waals surface area contributed by atoms with Crippen LogP contribution in [0.1, 0.15) is 38.3 Å². The third kappa shape index (κ3) is 2.25. The van der Waals surface area contributed by atoms with E-state index < -0.39 is 0 Å². The highest BCUT2D eigenvalue weighted by atomic mass is 16.3. The molecule has 0 radical (unpaired) electrons. The van der Waals surface area contributed by atoms with E-state index in [0.29, 0.717) is 18.5 Å². The van der Waals surface area contributed by atoms with Gasteiger partial charge in [-0.05, 0) is 31.4 Å². The van der Waals surface area contributed by atoms with Gasteiger partial charge in [0.05, 0.1) is 12.3 Å². The number of rotatable bonds is 4. The minimum Gasteiger partial charge on any atom is -0.464 e. The molecule has 0 saturated carbocycles. The van der Waals surface area contributed by atoms with E-state index in [9.17, 15) is 0 Å². The van der Waals surface area contributed by atoms with Crippen LogP contribution in [0.5, 0.6) is 0 Å². The van der Waals surface area contributed by atoms with Gasteiger partial charge in [-0.1, -0.05) is 32.0 Å². The van der Waals surface area contributed by atoms with Crippen molar-refractivity contribution in [1.29, 1.82) is 0 Å². The fourth-order valence-corrected chi connectivity index (χ4v) is 3.62. The van der Waals surface area contributed by atoms with Crippen LogP contribution >= 0.6 is 0 Å². The molecule has 1 saturated heterocycles. The van der Waals surface area contributed by atoms with Crippen LogP contribution in [-0.2, 0) is 0 Å². The van der Waals surface area contributed by atoms with Crippen LogP contribution in [0.25, 0.3) is 11.0 Å². The van der Waals surface area contributed by atoms with Gasteiger partial charge in [0, 0.05) is 23.5 Å². The Morgan fingerprint density at radius 1 is 1.35 bits per heavy atom. The van der Waals surface area contributed by atoms with Crippen molar-refractivity contribution in [3.05, 3.63) is 36.1 Å². The molecule has 3 heteroatoms. The standard InChI is InChI=1S/C17H24N2O/c1-12(2)15-7-5-9-19(15)16(10-18)14-11-20-17-8-4-3-6-13(14)17/h3-4,6,8,11-12,15-16H,5,7,9-10,18H2,1-2H3. The largest absolute Gasteiger partial charge is 0.464 e. The van der Waals surface area contributed by atoms with Crippen LogP contribution in [0.4, 0.5) is 0 Å². The van der Waals surface area contributed by atoms with Gasteiger partial charge in [-0.2, -0.15) is 0 Å². The first-order valence-corrected chi connectivity index (χ1v) is 7.64. The number of para-hydroxylation sites is 1. The van der Waals surface area contributed by atoms with Crippen LogP contribution in [-0.4, -0.2) is 24.0 Å². The van der Waals surface area contributed by atoms with Gasteiger partial charge in [0.1, 0.15) is 5.58 Å². The minimum atomic E-state index is 0.272. The zero-order chi connectivity index (χ0) is 14.1. The first-order valence-electron chi connectivity index (χ1n) is 7.64. The number of hydrogen-bond donors (Lipinski definition) is 1. The van der Waals surface area contributed by atoms with E-state index in [0.717, 1.165) is 12.1 Å². The van der Waals surface area contributed by atoms with Gasteiger partial charge in [0.15, 0.2) is 0 Å². The number of furan rings is 1. The Balaban J connectivity index is 1.97. The summed E-state index contributed by atoms with van der Waals surface area (Å²) in [5.74, 6) is 0.671. The summed E-state index contributed by atoms with van der Waals surface area (Å²) >= 11 is 0. The molecule has 2 heterocycles. The maximum absolute atomic E-state index is 6.11. The molecule has 2 atom stereocenters. The maximum Gasteiger partial charge on any atom is 0.134 e. The SMILES string of the molecule is CC(C)C1CCCN1C(CN)c1coc2ccccc12. The molecule has 3 nitrogen and oxygen atoms in total. The summed E-state index contributed by atoms with van der Waals surface area (Å²) in [5, 5.41) is 1.21. The third-order valence-electron chi connectivity index (χ3n) is 4.61. The van der Waals surface area contributed by atoms with Crippen LogP contribution < -0.4 is 5.73 Å². The van der Waals surface area contributed by atoms with Crippen molar-refractivity contribution in [2.75, 3.05) is 13.1 Å². The van der Waals surface area contributed by atoms with Gasteiger partial charge in [0.2, 0.25) is 0 Å². The van der Waals surface area contributed by atoms with Gasteiger partial charge < -0.3 is 10.2 Å². The number of likely N-dealkylation sites (tertiary alicyclic amines) is 1. The quantitative estimate of drug-likeness (QED) is 0.925. The second-order valence-electron chi connectivity index (χ2n) is 6.13. The lowest BCUT2D eigenvalue weighted by molar-refractivity contribution is 0.149. The Kier molecular flexibility index (Phi) is 3.81. The fourth-order valence-electron chi connectivity index (χ4n) is 3.62.